The summed E-state index contributed by atoms with van der Waals surface area (Å²) in [4.78, 5) is 25.9. The zero-order valence-electron chi connectivity index (χ0n) is 13.3. The van der Waals surface area contributed by atoms with E-state index in [4.69, 9.17) is 9.84 Å². The molecule has 122 valence electrons. The molecule has 1 fully saturated rings. The van der Waals surface area contributed by atoms with Crippen LogP contribution >= 0.6 is 0 Å². The van der Waals surface area contributed by atoms with E-state index in [0.29, 0.717) is 0 Å². The fraction of sp³-hybridized carbons (Fsp3) is 0.875. The number of carbonyl (C=O) groups is 2. The Morgan fingerprint density at radius 3 is 2.71 bits per heavy atom. The van der Waals surface area contributed by atoms with Gasteiger partial charge >= 0.3 is 5.97 Å². The lowest BCUT2D eigenvalue weighted by Crippen LogP contribution is -2.29. The number of amides is 1. The van der Waals surface area contributed by atoms with Crippen LogP contribution in [0, 0.1) is 11.8 Å². The van der Waals surface area contributed by atoms with Crippen molar-refractivity contribution in [2.45, 2.75) is 51.9 Å². The number of unbranched alkanes of at least 4 members (excludes halogenated alkanes) is 3. The highest BCUT2D eigenvalue weighted by molar-refractivity contribution is 5.85. The molecule has 5 heteroatoms. The first-order chi connectivity index (χ1) is 10.1. The van der Waals surface area contributed by atoms with Gasteiger partial charge in [-0.25, -0.2) is 0 Å². The number of ether oxygens (including phenoxy) is 1. The van der Waals surface area contributed by atoms with Crippen molar-refractivity contribution in [1.82, 2.24) is 4.90 Å². The second-order valence-corrected chi connectivity index (χ2v) is 5.86. The van der Waals surface area contributed by atoms with E-state index in [-0.39, 0.29) is 36.7 Å². The van der Waals surface area contributed by atoms with Gasteiger partial charge in [-0.2, -0.15) is 0 Å². The van der Waals surface area contributed by atoms with Crippen molar-refractivity contribution in [1.29, 1.82) is 0 Å². The predicted octanol–water partition coefficient (Wildman–Crippen LogP) is 1.98. The molecular weight excluding hydrogens is 270 g/mol. The van der Waals surface area contributed by atoms with E-state index in [1.807, 2.05) is 4.90 Å². The normalized spacial score (nSPS) is 21.9. The van der Waals surface area contributed by atoms with Crippen LogP contribution in [0.4, 0.5) is 0 Å². The molecule has 1 N–H and O–H groups in total. The summed E-state index contributed by atoms with van der Waals surface area (Å²) in [7, 11) is 1.37. The molecule has 1 heterocycles. The van der Waals surface area contributed by atoms with Crippen molar-refractivity contribution < 1.29 is 19.4 Å². The third-order valence-electron chi connectivity index (χ3n) is 4.28. The molecule has 1 saturated heterocycles. The monoisotopic (exact) mass is 299 g/mol. The molecule has 1 aliphatic rings. The summed E-state index contributed by atoms with van der Waals surface area (Å²) in [5, 5.41) is 8.79. The van der Waals surface area contributed by atoms with Gasteiger partial charge in [0.1, 0.15) is 0 Å². The minimum Gasteiger partial charge on any atom is -0.469 e. The van der Waals surface area contributed by atoms with E-state index in [9.17, 15) is 9.59 Å². The minimum atomic E-state index is -0.294. The maximum absolute atomic E-state index is 12.5. The molecule has 5 nitrogen and oxygen atoms in total. The maximum atomic E-state index is 12.5. The Morgan fingerprint density at radius 1 is 1.33 bits per heavy atom. The number of hydrogen-bond donors (Lipinski definition) is 1. The number of rotatable bonds is 10. The molecule has 0 aromatic carbocycles. The van der Waals surface area contributed by atoms with Gasteiger partial charge in [0.2, 0.25) is 5.91 Å². The zero-order valence-corrected chi connectivity index (χ0v) is 13.3. The van der Waals surface area contributed by atoms with Crippen LogP contribution in [0.25, 0.3) is 0 Å². The number of nitrogens with zero attached hydrogens (tertiary/aromatic N) is 1. The Bertz CT molecular complexity index is 332. The van der Waals surface area contributed by atoms with Crippen LogP contribution in [-0.2, 0) is 14.3 Å². The quantitative estimate of drug-likeness (QED) is 0.495. The van der Waals surface area contributed by atoms with Crippen LogP contribution < -0.4 is 0 Å². The summed E-state index contributed by atoms with van der Waals surface area (Å²) in [5.41, 5.74) is 0. The maximum Gasteiger partial charge on any atom is 0.306 e. The molecule has 2 unspecified atom stereocenters. The van der Waals surface area contributed by atoms with Gasteiger partial charge in [0.05, 0.1) is 19.4 Å². The average molecular weight is 299 g/mol. The lowest BCUT2D eigenvalue weighted by atomic mass is 9.88. The first-order valence-corrected chi connectivity index (χ1v) is 8.10. The largest absolute Gasteiger partial charge is 0.469 e. The van der Waals surface area contributed by atoms with Gasteiger partial charge < -0.3 is 14.7 Å². The van der Waals surface area contributed by atoms with E-state index in [1.54, 1.807) is 0 Å². The van der Waals surface area contributed by atoms with Crippen molar-refractivity contribution in [3.63, 3.8) is 0 Å². The molecule has 0 bridgehead atoms. The van der Waals surface area contributed by atoms with Gasteiger partial charge in [-0.1, -0.05) is 19.8 Å². The van der Waals surface area contributed by atoms with Crippen LogP contribution in [0.5, 0.6) is 0 Å². The van der Waals surface area contributed by atoms with Crippen LogP contribution in [-0.4, -0.2) is 48.7 Å². The molecule has 0 aromatic rings. The Morgan fingerprint density at radius 2 is 2.10 bits per heavy atom. The van der Waals surface area contributed by atoms with Gasteiger partial charge in [0.25, 0.3) is 0 Å². The Kier molecular flexibility index (Phi) is 8.35. The number of likely N-dealkylation sites (tertiary alicyclic amines) is 1. The Balaban J connectivity index is 2.55. The highest BCUT2D eigenvalue weighted by atomic mass is 16.5. The molecule has 0 saturated carbocycles. The number of aliphatic hydroxyl groups excluding tert-OH is 1. The Hall–Kier alpha value is -1.10. The first kappa shape index (κ1) is 18.0. The van der Waals surface area contributed by atoms with Crippen molar-refractivity contribution in [2.24, 2.45) is 11.8 Å². The summed E-state index contributed by atoms with van der Waals surface area (Å²) in [6.45, 7) is 3.84. The number of hydrogen-bond acceptors (Lipinski definition) is 4. The summed E-state index contributed by atoms with van der Waals surface area (Å²) in [5.74, 6) is -0.126. The van der Waals surface area contributed by atoms with E-state index >= 15 is 0 Å². The molecule has 0 spiro atoms. The lowest BCUT2D eigenvalue weighted by Gasteiger charge is -2.16. The SMILES string of the molecule is CCCCC1CN(CCCCCO)C(=O)C1CC(=O)OC. The van der Waals surface area contributed by atoms with Crippen molar-refractivity contribution in [3.05, 3.63) is 0 Å². The highest BCUT2D eigenvalue weighted by Crippen LogP contribution is 2.32. The van der Waals surface area contributed by atoms with Gasteiger partial charge in [0.15, 0.2) is 0 Å². The van der Waals surface area contributed by atoms with E-state index < -0.39 is 0 Å². The smallest absolute Gasteiger partial charge is 0.306 e. The summed E-state index contributed by atoms with van der Waals surface area (Å²) >= 11 is 0. The van der Waals surface area contributed by atoms with Gasteiger partial charge in [-0.3, -0.25) is 9.59 Å². The van der Waals surface area contributed by atoms with Gasteiger partial charge in [-0.15, -0.1) is 0 Å². The summed E-state index contributed by atoms with van der Waals surface area (Å²) in [6, 6.07) is 0. The second kappa shape index (κ2) is 9.77. The predicted molar refractivity (Wildman–Crippen MR) is 80.7 cm³/mol. The number of carbonyl (C=O) groups excluding carboxylic acids is 2. The van der Waals surface area contributed by atoms with E-state index in [0.717, 1.165) is 51.6 Å². The van der Waals surface area contributed by atoms with Gasteiger partial charge in [-0.05, 0) is 31.6 Å². The highest BCUT2D eigenvalue weighted by Gasteiger charge is 2.40. The summed E-state index contributed by atoms with van der Waals surface area (Å²) in [6.07, 6.45) is 6.03. The van der Waals surface area contributed by atoms with Crippen LogP contribution in [0.3, 0.4) is 0 Å². The molecule has 0 radical (unpaired) electrons. The molecule has 0 aliphatic carbocycles. The first-order valence-electron chi connectivity index (χ1n) is 8.10. The molecule has 21 heavy (non-hydrogen) atoms. The molecule has 0 aromatic heterocycles. The minimum absolute atomic E-state index is 0.102. The fourth-order valence-electron chi connectivity index (χ4n) is 3.00. The van der Waals surface area contributed by atoms with Gasteiger partial charge in [0, 0.05) is 19.7 Å². The molecule has 1 aliphatic heterocycles. The lowest BCUT2D eigenvalue weighted by molar-refractivity contribution is -0.145. The Labute approximate surface area is 127 Å². The van der Waals surface area contributed by atoms with Crippen molar-refractivity contribution in [3.8, 4) is 0 Å². The standard InChI is InChI=1S/C16H29NO4/c1-3-4-8-13-12-17(9-6-5-7-10-18)16(20)14(13)11-15(19)21-2/h13-14,18H,3-12H2,1-2H3. The van der Waals surface area contributed by atoms with E-state index in [2.05, 4.69) is 6.92 Å². The molecular formula is C16H29NO4. The third-order valence-corrected chi connectivity index (χ3v) is 4.28. The third kappa shape index (κ3) is 5.65. The molecule has 1 amide bonds. The number of aliphatic hydroxyl groups is 1. The van der Waals surface area contributed by atoms with Crippen LogP contribution in [0.15, 0.2) is 0 Å². The van der Waals surface area contributed by atoms with Crippen molar-refractivity contribution >= 4 is 11.9 Å². The van der Waals surface area contributed by atoms with E-state index in [1.165, 1.54) is 7.11 Å². The fourth-order valence-corrected chi connectivity index (χ4v) is 3.00. The average Bonchev–Trinajstić information content (AvgIpc) is 2.78. The van der Waals surface area contributed by atoms with Crippen LogP contribution in [0.1, 0.15) is 51.9 Å². The summed E-state index contributed by atoms with van der Waals surface area (Å²) < 4.78 is 4.72. The van der Waals surface area contributed by atoms with Crippen LogP contribution in [0.2, 0.25) is 0 Å². The number of esters is 1. The zero-order chi connectivity index (χ0) is 15.7. The number of methoxy groups -OCH3 is 1. The molecule has 1 rings (SSSR count). The second-order valence-electron chi connectivity index (χ2n) is 5.86. The van der Waals surface area contributed by atoms with Crippen molar-refractivity contribution in [2.75, 3.05) is 26.8 Å². The molecule has 2 atom stereocenters. The topological polar surface area (TPSA) is 66.8 Å².